The lowest BCUT2D eigenvalue weighted by molar-refractivity contribution is -0.135. The van der Waals surface area contributed by atoms with Crippen molar-refractivity contribution in [3.63, 3.8) is 0 Å². The molecule has 21 heteroatoms. The molecule has 0 radical (unpaired) electrons. The number of aromatic amines is 1. The van der Waals surface area contributed by atoms with Crippen molar-refractivity contribution in [2.75, 3.05) is 4.90 Å². The van der Waals surface area contributed by atoms with Crippen molar-refractivity contribution in [3.05, 3.63) is 129 Å². The van der Waals surface area contributed by atoms with Crippen molar-refractivity contribution < 1.29 is 48.2 Å². The minimum absolute atomic E-state index is 0.0198. The first-order valence-electron chi connectivity index (χ1n) is 24.1. The number of primary amides is 1. The standard InChI is InChI=1S/C51H56N9O11P/c1-58-41-24-28(11-17-39(41)59(51(58)68)40-18-20-44(62)57-47(40)64)8-4-2-3-5-9-29-22-30-12-15-37(56-46(63)38-26-32-25-31(13-14-34(32)54-38)50(67)72(69,70)71)49(66)60-42(27-33(23-29)45(30)60)48(65)55-36(16-19-43(52)61)35-10-6-7-21-53-35/h6-7,10-11,13-14,17,21-26,36-37,40,42,48,54-55,65H,2-5,8-9,12,15-16,18-20,27H2,1H3,(H2,52,61)(H,56,63)(H,57,62,64)(H2,69,70,71)/t36-,37-,40?,42-,48?/m0/s1. The number of piperidine rings is 1. The van der Waals surface area contributed by atoms with E-state index >= 15 is 0 Å². The predicted octanol–water partition coefficient (Wildman–Crippen LogP) is 3.77. The highest BCUT2D eigenvalue weighted by Crippen LogP contribution is 2.42. The van der Waals surface area contributed by atoms with Crippen LogP contribution in [0.1, 0.15) is 119 Å². The number of aryl methyl sites for hydroxylation is 4. The first kappa shape index (κ1) is 49.9. The molecule has 6 heterocycles. The lowest BCUT2D eigenvalue weighted by Crippen LogP contribution is -2.56. The number of H-pyrrole nitrogens is 1. The molecule has 3 aromatic heterocycles. The van der Waals surface area contributed by atoms with Crippen molar-refractivity contribution in [2.24, 2.45) is 12.8 Å². The topological polar surface area (TPSA) is 301 Å². The predicted molar refractivity (Wildman–Crippen MR) is 265 cm³/mol. The van der Waals surface area contributed by atoms with Crippen molar-refractivity contribution in [1.29, 1.82) is 0 Å². The first-order chi connectivity index (χ1) is 34.4. The molecular weight excluding hydrogens is 946 g/mol. The number of nitrogens with one attached hydrogen (secondary N) is 4. The summed E-state index contributed by atoms with van der Waals surface area (Å²) in [6, 6.07) is 17.6. The van der Waals surface area contributed by atoms with E-state index in [0.29, 0.717) is 40.6 Å². The number of carbonyl (C=O) groups is 6. The molecule has 0 aliphatic carbocycles. The number of carbonyl (C=O) groups excluding carboxylic acids is 6. The van der Waals surface area contributed by atoms with E-state index in [-0.39, 0.29) is 55.0 Å². The van der Waals surface area contributed by atoms with Crippen molar-refractivity contribution in [2.45, 2.75) is 114 Å². The van der Waals surface area contributed by atoms with E-state index < -0.39 is 67.1 Å². The van der Waals surface area contributed by atoms with Gasteiger partial charge in [-0.25, -0.2) is 4.79 Å². The van der Waals surface area contributed by atoms with Crippen LogP contribution in [0.25, 0.3) is 21.9 Å². The summed E-state index contributed by atoms with van der Waals surface area (Å²) >= 11 is 0. The molecule has 6 aromatic rings. The van der Waals surface area contributed by atoms with E-state index in [0.717, 1.165) is 66.3 Å². The van der Waals surface area contributed by atoms with E-state index in [4.69, 9.17) is 5.73 Å². The number of aromatic nitrogens is 4. The number of fused-ring (bicyclic) bond motifs is 2. The normalized spacial score (nSPS) is 18.8. The van der Waals surface area contributed by atoms with Gasteiger partial charge in [-0.2, -0.15) is 0 Å². The number of aliphatic hydroxyl groups excluding tert-OH is 1. The van der Waals surface area contributed by atoms with Crippen molar-refractivity contribution in [3.8, 4) is 0 Å². The highest BCUT2D eigenvalue weighted by molar-refractivity contribution is 7.70. The molecule has 5 amide bonds. The van der Waals surface area contributed by atoms with Gasteiger partial charge in [0.25, 0.3) is 11.4 Å². The maximum atomic E-state index is 14.8. The molecule has 5 atom stereocenters. The van der Waals surface area contributed by atoms with Gasteiger partial charge < -0.3 is 35.8 Å². The third kappa shape index (κ3) is 10.3. The third-order valence-corrected chi connectivity index (χ3v) is 14.9. The zero-order chi connectivity index (χ0) is 51.0. The zero-order valence-corrected chi connectivity index (χ0v) is 40.4. The average Bonchev–Trinajstić information content (AvgIpc) is 4.01. The summed E-state index contributed by atoms with van der Waals surface area (Å²) in [7, 11) is -3.37. The fourth-order valence-corrected chi connectivity index (χ4v) is 10.9. The second-order valence-corrected chi connectivity index (χ2v) is 20.5. The summed E-state index contributed by atoms with van der Waals surface area (Å²) in [4.78, 5) is 118. The largest absolute Gasteiger partial charge is 0.396 e. The quantitative estimate of drug-likeness (QED) is 0.0248. The number of amides is 5. The fraction of sp³-hybridized carbons (Fsp3) is 0.373. The Morgan fingerprint density at radius 1 is 0.889 bits per heavy atom. The molecule has 3 aromatic carbocycles. The van der Waals surface area contributed by atoms with E-state index in [9.17, 15) is 53.0 Å². The number of anilines is 1. The van der Waals surface area contributed by atoms with Crippen LogP contribution in [0, 0.1) is 0 Å². The summed E-state index contributed by atoms with van der Waals surface area (Å²) in [6.45, 7) is 0. The highest BCUT2D eigenvalue weighted by atomic mass is 31.2. The first-order valence-corrected chi connectivity index (χ1v) is 25.7. The minimum Gasteiger partial charge on any atom is -0.376 e. The number of unbranched alkanes of at least 4 members (excludes halogenated alkanes) is 3. The van der Waals surface area contributed by atoms with Gasteiger partial charge in [0.15, 0.2) is 0 Å². The SMILES string of the molecule is Cn1c(=O)n(C2CCC(=O)NC2=O)c2ccc(CCCCCCc3cc4c5c(c3)C[C@@H](C(O)N[C@@H](CCC(N)=O)c3ccccn3)N5C(=O)[C@@H](NC(=O)c3cc5cc(C(=O)P(=O)(O)O)ccc5[nH]3)CC4)cc21. The number of imide groups is 1. The number of pyridine rings is 1. The Morgan fingerprint density at radius 2 is 1.65 bits per heavy atom. The van der Waals surface area contributed by atoms with E-state index in [1.54, 1.807) is 40.9 Å². The average molecular weight is 1000 g/mol. The molecule has 3 aliphatic heterocycles. The van der Waals surface area contributed by atoms with Crippen LogP contribution in [0.15, 0.2) is 83.8 Å². The number of nitrogens with two attached hydrogens (primary N) is 1. The van der Waals surface area contributed by atoms with E-state index in [1.165, 1.54) is 28.8 Å². The number of rotatable bonds is 19. The fourth-order valence-electron chi connectivity index (χ4n) is 10.5. The van der Waals surface area contributed by atoms with Gasteiger partial charge in [-0.3, -0.25) is 58.1 Å². The Kier molecular flexibility index (Phi) is 14.2. The van der Waals surface area contributed by atoms with E-state index in [2.05, 4.69) is 38.1 Å². The van der Waals surface area contributed by atoms with Crippen LogP contribution >= 0.6 is 7.60 Å². The van der Waals surface area contributed by atoms with Crippen LogP contribution in [0.3, 0.4) is 0 Å². The van der Waals surface area contributed by atoms with Gasteiger partial charge >= 0.3 is 13.3 Å². The minimum atomic E-state index is -5.05. The second-order valence-electron chi connectivity index (χ2n) is 19.0. The summed E-state index contributed by atoms with van der Waals surface area (Å²) in [6.07, 6.45) is 7.22. The van der Waals surface area contributed by atoms with Gasteiger partial charge in [-0.05, 0) is 129 Å². The van der Waals surface area contributed by atoms with Gasteiger partial charge in [-0.1, -0.05) is 37.1 Å². The van der Waals surface area contributed by atoms with Gasteiger partial charge in [-0.15, -0.1) is 0 Å². The Balaban J connectivity index is 0.897. The van der Waals surface area contributed by atoms with Crippen LogP contribution < -0.4 is 32.3 Å². The molecule has 1 saturated heterocycles. The Morgan fingerprint density at radius 3 is 2.38 bits per heavy atom. The lowest BCUT2D eigenvalue weighted by Gasteiger charge is -2.33. The molecule has 0 bridgehead atoms. The number of hydrogen-bond acceptors (Lipinski definition) is 11. The smallest absolute Gasteiger partial charge is 0.376 e. The maximum absolute atomic E-state index is 14.8. The third-order valence-electron chi connectivity index (χ3n) is 14.1. The molecule has 376 valence electrons. The number of imidazole rings is 1. The van der Waals surface area contributed by atoms with Crippen LogP contribution in [0.5, 0.6) is 0 Å². The molecule has 20 nitrogen and oxygen atoms in total. The molecule has 2 unspecified atom stereocenters. The summed E-state index contributed by atoms with van der Waals surface area (Å²) in [5.41, 5.74) is 10.7. The summed E-state index contributed by atoms with van der Waals surface area (Å²) < 4.78 is 14.7. The monoisotopic (exact) mass is 1000 g/mol. The highest BCUT2D eigenvalue weighted by Gasteiger charge is 2.45. The number of aliphatic hydroxyl groups is 1. The molecular formula is C51H56N9O11P. The molecule has 0 saturated carbocycles. The van der Waals surface area contributed by atoms with Crippen molar-refractivity contribution >= 4 is 70.3 Å². The number of hydrogen-bond donors (Lipinski definition) is 8. The van der Waals surface area contributed by atoms with Gasteiger partial charge in [0, 0.05) is 42.6 Å². The summed E-state index contributed by atoms with van der Waals surface area (Å²) in [5, 5.41) is 20.9. The maximum Gasteiger partial charge on any atom is 0.396 e. The summed E-state index contributed by atoms with van der Waals surface area (Å²) in [5.74, 6) is -2.38. The van der Waals surface area contributed by atoms with Gasteiger partial charge in [0.2, 0.25) is 23.6 Å². The van der Waals surface area contributed by atoms with Crippen LogP contribution in [0.4, 0.5) is 5.69 Å². The van der Waals surface area contributed by atoms with E-state index in [1.807, 2.05) is 18.2 Å². The van der Waals surface area contributed by atoms with Crippen molar-refractivity contribution in [1.82, 2.24) is 35.1 Å². The van der Waals surface area contributed by atoms with Crippen LogP contribution in [-0.2, 0) is 56.5 Å². The molecule has 0 spiro atoms. The van der Waals surface area contributed by atoms with Gasteiger partial charge in [0.05, 0.1) is 34.5 Å². The molecule has 9 N–H and O–H groups in total. The molecule has 1 fully saturated rings. The zero-order valence-electron chi connectivity index (χ0n) is 39.5. The molecule has 9 rings (SSSR count). The lowest BCUT2D eigenvalue weighted by atomic mass is 9.95. The Hall–Kier alpha value is -7.09. The Bertz CT molecular complexity index is 3250. The molecule has 3 aliphatic rings. The second kappa shape index (κ2) is 20.6. The number of benzene rings is 3. The Labute approximate surface area is 412 Å². The molecule has 72 heavy (non-hydrogen) atoms. The van der Waals surface area contributed by atoms with Crippen LogP contribution in [0.2, 0.25) is 0 Å². The van der Waals surface area contributed by atoms with Crippen LogP contribution in [-0.4, -0.2) is 87.4 Å². The van der Waals surface area contributed by atoms with Gasteiger partial charge in [0.1, 0.15) is 24.0 Å². The number of nitrogens with zero attached hydrogens (tertiary/aromatic N) is 4.